The highest BCUT2D eigenvalue weighted by Gasteiger charge is 2.47. The highest BCUT2D eigenvalue weighted by Crippen LogP contribution is 2.29. The van der Waals surface area contributed by atoms with Gasteiger partial charge in [0.05, 0.1) is 13.2 Å². The quantitative estimate of drug-likeness (QED) is 0.246. The molecule has 0 saturated carbocycles. The zero-order chi connectivity index (χ0) is 20.6. The van der Waals surface area contributed by atoms with E-state index in [-0.39, 0.29) is 0 Å². The van der Waals surface area contributed by atoms with E-state index in [0.29, 0.717) is 0 Å². The molecule has 13 heteroatoms. The molecule has 0 bridgehead atoms. The summed E-state index contributed by atoms with van der Waals surface area (Å²) in [7, 11) is 0. The summed E-state index contributed by atoms with van der Waals surface area (Å²) in [6.07, 6.45) is -11.8. The van der Waals surface area contributed by atoms with Crippen molar-refractivity contribution in [1.29, 1.82) is 0 Å². The molecule has 2 aliphatic heterocycles. The standard InChI is InChI=1S/C15H22N2O11/c18-3-5-8(20)10(22)12(24)14(28-5)26-4-6-9(21)11(23)13(27-6)17-2-1-7(19)16-15(17)25/h1-2,5-6,8-14,18,20-24H,3-4H2,(H,16,19,25)/t5-,6-,8-,9-,10+,11-,12-,13-,14-/m1/s1. The molecule has 2 aliphatic rings. The first-order chi connectivity index (χ1) is 13.2. The number of nitrogens with zero attached hydrogens (tertiary/aromatic N) is 1. The van der Waals surface area contributed by atoms with Gasteiger partial charge in [0.1, 0.15) is 42.7 Å². The third-order valence-electron chi connectivity index (χ3n) is 4.74. The minimum atomic E-state index is -1.64. The molecule has 0 amide bonds. The molecular weight excluding hydrogens is 384 g/mol. The summed E-state index contributed by atoms with van der Waals surface area (Å²) < 4.78 is 16.8. The molecule has 13 nitrogen and oxygen atoms in total. The number of aliphatic hydroxyl groups is 6. The fourth-order valence-corrected chi connectivity index (χ4v) is 3.12. The van der Waals surface area contributed by atoms with Crippen LogP contribution in [-0.4, -0.2) is 102 Å². The van der Waals surface area contributed by atoms with Crippen molar-refractivity contribution >= 4 is 0 Å². The van der Waals surface area contributed by atoms with E-state index in [0.717, 1.165) is 16.8 Å². The molecule has 3 heterocycles. The first-order valence-corrected chi connectivity index (χ1v) is 8.49. The Morgan fingerprint density at radius 2 is 1.64 bits per heavy atom. The number of nitrogens with one attached hydrogen (secondary N) is 1. The minimum Gasteiger partial charge on any atom is -0.394 e. The van der Waals surface area contributed by atoms with Gasteiger partial charge in [-0.2, -0.15) is 0 Å². The highest BCUT2D eigenvalue weighted by atomic mass is 16.7. The second-order valence-electron chi connectivity index (χ2n) is 6.59. The third kappa shape index (κ3) is 3.89. The molecule has 9 atom stereocenters. The predicted octanol–water partition coefficient (Wildman–Crippen LogP) is -5.03. The van der Waals surface area contributed by atoms with Crippen LogP contribution in [0.2, 0.25) is 0 Å². The Morgan fingerprint density at radius 3 is 2.29 bits per heavy atom. The van der Waals surface area contributed by atoms with Gasteiger partial charge in [0, 0.05) is 12.3 Å². The Morgan fingerprint density at radius 1 is 0.964 bits per heavy atom. The van der Waals surface area contributed by atoms with Gasteiger partial charge in [0.25, 0.3) is 5.56 Å². The van der Waals surface area contributed by atoms with E-state index in [9.17, 15) is 35.1 Å². The molecule has 0 aliphatic carbocycles. The molecule has 158 valence electrons. The lowest BCUT2D eigenvalue weighted by Gasteiger charge is -2.39. The first kappa shape index (κ1) is 21.0. The van der Waals surface area contributed by atoms with Crippen molar-refractivity contribution in [3.8, 4) is 0 Å². The zero-order valence-electron chi connectivity index (χ0n) is 14.4. The van der Waals surface area contributed by atoms with Crippen molar-refractivity contribution in [2.45, 2.75) is 55.2 Å². The van der Waals surface area contributed by atoms with Gasteiger partial charge in [-0.25, -0.2) is 4.79 Å². The van der Waals surface area contributed by atoms with Gasteiger partial charge < -0.3 is 44.8 Å². The second-order valence-corrected chi connectivity index (χ2v) is 6.59. The van der Waals surface area contributed by atoms with Crippen LogP contribution in [0.25, 0.3) is 0 Å². The summed E-state index contributed by atoms with van der Waals surface area (Å²) >= 11 is 0. The lowest BCUT2D eigenvalue weighted by Crippen LogP contribution is -2.59. The Kier molecular flexibility index (Phi) is 6.28. The SMILES string of the molecule is O=c1ccn([C@@H]2O[C@H](CO[C@@H]3O[C@H](CO)[C@@H](O)[C@H](O)[C@H]3O)[C@@H](O)[C@H]2O)c(=O)[nH]1. The van der Waals surface area contributed by atoms with Crippen LogP contribution in [-0.2, 0) is 14.2 Å². The lowest BCUT2D eigenvalue weighted by atomic mass is 9.99. The summed E-state index contributed by atoms with van der Waals surface area (Å²) in [6, 6.07) is 1.04. The molecule has 0 radical (unpaired) electrons. The normalized spacial score (nSPS) is 41.3. The van der Waals surface area contributed by atoms with Crippen molar-refractivity contribution in [2.24, 2.45) is 0 Å². The van der Waals surface area contributed by atoms with Crippen LogP contribution < -0.4 is 11.2 Å². The maximum absolute atomic E-state index is 11.8. The zero-order valence-corrected chi connectivity index (χ0v) is 14.4. The number of H-pyrrole nitrogens is 1. The van der Waals surface area contributed by atoms with Gasteiger partial charge in [-0.05, 0) is 0 Å². The maximum Gasteiger partial charge on any atom is 0.330 e. The van der Waals surface area contributed by atoms with E-state index in [1.165, 1.54) is 0 Å². The monoisotopic (exact) mass is 406 g/mol. The van der Waals surface area contributed by atoms with E-state index < -0.39 is 79.7 Å². The molecule has 28 heavy (non-hydrogen) atoms. The summed E-state index contributed by atoms with van der Waals surface area (Å²) in [5.74, 6) is 0. The van der Waals surface area contributed by atoms with E-state index >= 15 is 0 Å². The smallest absolute Gasteiger partial charge is 0.330 e. The van der Waals surface area contributed by atoms with Crippen LogP contribution in [0.3, 0.4) is 0 Å². The van der Waals surface area contributed by atoms with Crippen molar-refractivity contribution in [3.05, 3.63) is 33.1 Å². The van der Waals surface area contributed by atoms with Crippen LogP contribution >= 0.6 is 0 Å². The predicted molar refractivity (Wildman–Crippen MR) is 87.0 cm³/mol. The van der Waals surface area contributed by atoms with Crippen LogP contribution in [0, 0.1) is 0 Å². The number of aromatic nitrogens is 2. The Balaban J connectivity index is 1.66. The molecule has 1 aromatic heterocycles. The molecule has 3 rings (SSSR count). The van der Waals surface area contributed by atoms with Gasteiger partial charge >= 0.3 is 5.69 Å². The third-order valence-corrected chi connectivity index (χ3v) is 4.74. The summed E-state index contributed by atoms with van der Waals surface area (Å²) in [5, 5.41) is 58.9. The maximum atomic E-state index is 11.8. The molecule has 0 aromatic carbocycles. The van der Waals surface area contributed by atoms with Crippen molar-refractivity contribution < 1.29 is 44.8 Å². The van der Waals surface area contributed by atoms with Crippen LogP contribution in [0.15, 0.2) is 21.9 Å². The number of hydrogen-bond acceptors (Lipinski definition) is 11. The fourth-order valence-electron chi connectivity index (χ4n) is 3.12. The number of ether oxygens (including phenoxy) is 3. The van der Waals surface area contributed by atoms with Gasteiger partial charge in [-0.15, -0.1) is 0 Å². The van der Waals surface area contributed by atoms with Gasteiger partial charge in [-0.1, -0.05) is 0 Å². The first-order valence-electron chi connectivity index (χ1n) is 8.49. The van der Waals surface area contributed by atoms with Gasteiger partial charge in [0.2, 0.25) is 0 Å². The van der Waals surface area contributed by atoms with E-state index in [1.807, 2.05) is 4.98 Å². The van der Waals surface area contributed by atoms with Crippen LogP contribution in [0.4, 0.5) is 0 Å². The Hall–Kier alpha value is -1.68. The molecule has 2 saturated heterocycles. The Labute approximate surface area is 157 Å². The molecular formula is C15H22N2O11. The van der Waals surface area contributed by atoms with Crippen LogP contribution in [0.5, 0.6) is 0 Å². The lowest BCUT2D eigenvalue weighted by molar-refractivity contribution is -0.306. The number of rotatable bonds is 5. The molecule has 0 spiro atoms. The number of hydrogen-bond donors (Lipinski definition) is 7. The summed E-state index contributed by atoms with van der Waals surface area (Å²) in [6.45, 7) is -1.06. The van der Waals surface area contributed by atoms with E-state index in [4.69, 9.17) is 19.3 Å². The van der Waals surface area contributed by atoms with E-state index in [1.54, 1.807) is 0 Å². The molecule has 0 unspecified atom stereocenters. The Bertz CT molecular complexity index is 780. The highest BCUT2D eigenvalue weighted by molar-refractivity contribution is 4.94. The van der Waals surface area contributed by atoms with Crippen LogP contribution in [0.1, 0.15) is 6.23 Å². The fraction of sp³-hybridized carbons (Fsp3) is 0.733. The summed E-state index contributed by atoms with van der Waals surface area (Å²) in [4.78, 5) is 25.0. The average Bonchev–Trinajstić information content (AvgIpc) is 2.94. The van der Waals surface area contributed by atoms with Crippen molar-refractivity contribution in [3.63, 3.8) is 0 Å². The molecule has 1 aromatic rings. The molecule has 7 N–H and O–H groups in total. The largest absolute Gasteiger partial charge is 0.394 e. The summed E-state index contributed by atoms with van der Waals surface area (Å²) in [5.41, 5.74) is -1.49. The molecule has 2 fully saturated rings. The second kappa shape index (κ2) is 8.36. The van der Waals surface area contributed by atoms with Gasteiger partial charge in [-0.3, -0.25) is 14.3 Å². The van der Waals surface area contributed by atoms with Crippen molar-refractivity contribution in [2.75, 3.05) is 13.2 Å². The average molecular weight is 406 g/mol. The van der Waals surface area contributed by atoms with Crippen molar-refractivity contribution in [1.82, 2.24) is 9.55 Å². The number of aliphatic hydroxyl groups excluding tert-OH is 6. The van der Waals surface area contributed by atoms with E-state index in [2.05, 4.69) is 0 Å². The minimum absolute atomic E-state index is 0.421. The number of aromatic amines is 1. The topological polar surface area (TPSA) is 204 Å². The van der Waals surface area contributed by atoms with Gasteiger partial charge in [0.15, 0.2) is 12.5 Å².